The van der Waals surface area contributed by atoms with Crippen molar-refractivity contribution >= 4 is 0 Å². The van der Waals surface area contributed by atoms with E-state index in [0.717, 1.165) is 19.6 Å². The van der Waals surface area contributed by atoms with Crippen LogP contribution in [-0.2, 0) is 4.74 Å². The number of ether oxygens (including phenoxy) is 2. The van der Waals surface area contributed by atoms with Crippen molar-refractivity contribution in [2.75, 3.05) is 26.2 Å². The molecule has 0 bridgehead atoms. The molecule has 1 aromatic carbocycles. The molecule has 102 valence electrons. The van der Waals surface area contributed by atoms with Gasteiger partial charge in [0.15, 0.2) is 0 Å². The SMILES string of the molecule is CC1CN(CCOc2ccccc2C#N)CC(C)O1. The number of morpholine rings is 1. The molecule has 2 atom stereocenters. The van der Waals surface area contributed by atoms with Crippen LogP contribution in [0.3, 0.4) is 0 Å². The topological polar surface area (TPSA) is 45.5 Å². The number of nitriles is 1. The van der Waals surface area contributed by atoms with Crippen molar-refractivity contribution in [3.05, 3.63) is 29.8 Å². The number of hydrogen-bond acceptors (Lipinski definition) is 4. The minimum absolute atomic E-state index is 0.273. The van der Waals surface area contributed by atoms with Gasteiger partial charge in [-0.3, -0.25) is 4.90 Å². The van der Waals surface area contributed by atoms with E-state index in [1.807, 2.05) is 18.2 Å². The van der Waals surface area contributed by atoms with E-state index in [1.165, 1.54) is 0 Å². The van der Waals surface area contributed by atoms with E-state index < -0.39 is 0 Å². The van der Waals surface area contributed by atoms with Gasteiger partial charge in [-0.05, 0) is 26.0 Å². The van der Waals surface area contributed by atoms with Gasteiger partial charge >= 0.3 is 0 Å². The third-order valence-electron chi connectivity index (χ3n) is 3.17. The Bertz CT molecular complexity index is 446. The molecule has 2 unspecified atom stereocenters. The fourth-order valence-electron chi connectivity index (χ4n) is 2.44. The molecule has 2 rings (SSSR count). The van der Waals surface area contributed by atoms with Gasteiger partial charge in [-0.2, -0.15) is 5.26 Å². The van der Waals surface area contributed by atoms with Crippen LogP contribution in [0.25, 0.3) is 0 Å². The van der Waals surface area contributed by atoms with E-state index in [2.05, 4.69) is 24.8 Å². The van der Waals surface area contributed by atoms with E-state index in [4.69, 9.17) is 14.7 Å². The minimum Gasteiger partial charge on any atom is -0.491 e. The van der Waals surface area contributed by atoms with Crippen LogP contribution < -0.4 is 4.74 Å². The molecular formula is C15H20N2O2. The Labute approximate surface area is 114 Å². The first-order valence-corrected chi connectivity index (χ1v) is 6.69. The molecule has 1 aliphatic heterocycles. The average Bonchev–Trinajstić information content (AvgIpc) is 2.38. The van der Waals surface area contributed by atoms with Gasteiger partial charge in [0.1, 0.15) is 18.4 Å². The summed E-state index contributed by atoms with van der Waals surface area (Å²) in [5, 5.41) is 8.98. The fourth-order valence-corrected chi connectivity index (χ4v) is 2.44. The van der Waals surface area contributed by atoms with Gasteiger partial charge in [0.25, 0.3) is 0 Å². The molecule has 1 aromatic rings. The molecule has 1 heterocycles. The zero-order valence-corrected chi connectivity index (χ0v) is 11.5. The molecule has 0 amide bonds. The maximum absolute atomic E-state index is 8.98. The maximum atomic E-state index is 8.98. The van der Waals surface area contributed by atoms with Crippen LogP contribution in [0, 0.1) is 11.3 Å². The molecule has 0 aliphatic carbocycles. The summed E-state index contributed by atoms with van der Waals surface area (Å²) in [7, 11) is 0. The van der Waals surface area contributed by atoms with Crippen LogP contribution in [-0.4, -0.2) is 43.3 Å². The molecule has 0 spiro atoms. The standard InChI is InChI=1S/C15H20N2O2/c1-12-10-17(11-13(2)19-12)7-8-18-15-6-4-3-5-14(15)9-16/h3-6,12-13H,7-8,10-11H2,1-2H3. The van der Waals surface area contributed by atoms with Crippen molar-refractivity contribution in [2.24, 2.45) is 0 Å². The molecule has 1 saturated heterocycles. The molecular weight excluding hydrogens is 240 g/mol. The first-order chi connectivity index (χ1) is 9.19. The molecule has 4 heteroatoms. The van der Waals surface area contributed by atoms with Crippen LogP contribution >= 0.6 is 0 Å². The number of benzene rings is 1. The van der Waals surface area contributed by atoms with Gasteiger partial charge in [0, 0.05) is 19.6 Å². The zero-order chi connectivity index (χ0) is 13.7. The number of para-hydroxylation sites is 1. The van der Waals surface area contributed by atoms with Crippen molar-refractivity contribution in [1.82, 2.24) is 4.90 Å². The second kappa shape index (κ2) is 6.55. The van der Waals surface area contributed by atoms with Gasteiger partial charge in [-0.15, -0.1) is 0 Å². The summed E-state index contributed by atoms with van der Waals surface area (Å²) in [6, 6.07) is 9.48. The quantitative estimate of drug-likeness (QED) is 0.831. The van der Waals surface area contributed by atoms with Crippen molar-refractivity contribution in [3.63, 3.8) is 0 Å². The highest BCUT2D eigenvalue weighted by atomic mass is 16.5. The molecule has 4 nitrogen and oxygen atoms in total. The molecule has 0 saturated carbocycles. The van der Waals surface area contributed by atoms with Crippen LogP contribution in [0.1, 0.15) is 19.4 Å². The normalized spacial score (nSPS) is 23.8. The lowest BCUT2D eigenvalue weighted by Gasteiger charge is -2.35. The van der Waals surface area contributed by atoms with Crippen molar-refractivity contribution in [2.45, 2.75) is 26.1 Å². The number of nitrogens with zero attached hydrogens (tertiary/aromatic N) is 2. The summed E-state index contributed by atoms with van der Waals surface area (Å²) in [6.45, 7) is 7.51. The zero-order valence-electron chi connectivity index (χ0n) is 11.5. The molecule has 19 heavy (non-hydrogen) atoms. The third-order valence-corrected chi connectivity index (χ3v) is 3.17. The van der Waals surface area contributed by atoms with Crippen molar-refractivity contribution < 1.29 is 9.47 Å². The van der Waals surface area contributed by atoms with E-state index >= 15 is 0 Å². The average molecular weight is 260 g/mol. The van der Waals surface area contributed by atoms with E-state index in [1.54, 1.807) is 6.07 Å². The molecule has 0 N–H and O–H groups in total. The van der Waals surface area contributed by atoms with Crippen LogP contribution in [0.2, 0.25) is 0 Å². The summed E-state index contributed by atoms with van der Waals surface area (Å²) >= 11 is 0. The second-order valence-electron chi connectivity index (χ2n) is 4.97. The lowest BCUT2D eigenvalue weighted by molar-refractivity contribution is -0.0699. The highest BCUT2D eigenvalue weighted by Gasteiger charge is 2.21. The monoisotopic (exact) mass is 260 g/mol. The third kappa shape index (κ3) is 3.95. The summed E-state index contributed by atoms with van der Waals surface area (Å²) < 4.78 is 11.4. The Morgan fingerprint density at radius 3 is 2.68 bits per heavy atom. The molecule has 0 radical (unpaired) electrons. The maximum Gasteiger partial charge on any atom is 0.137 e. The van der Waals surface area contributed by atoms with E-state index in [9.17, 15) is 0 Å². The first-order valence-electron chi connectivity index (χ1n) is 6.69. The lowest BCUT2D eigenvalue weighted by Crippen LogP contribution is -2.46. The van der Waals surface area contributed by atoms with Crippen LogP contribution in [0.4, 0.5) is 0 Å². The fraction of sp³-hybridized carbons (Fsp3) is 0.533. The van der Waals surface area contributed by atoms with E-state index in [0.29, 0.717) is 17.9 Å². The lowest BCUT2D eigenvalue weighted by atomic mass is 10.2. The number of rotatable bonds is 4. The van der Waals surface area contributed by atoms with Crippen LogP contribution in [0.5, 0.6) is 5.75 Å². The summed E-state index contributed by atoms with van der Waals surface area (Å²) in [4.78, 5) is 2.34. The predicted molar refractivity (Wildman–Crippen MR) is 73.1 cm³/mol. The Morgan fingerprint density at radius 1 is 1.32 bits per heavy atom. The highest BCUT2D eigenvalue weighted by molar-refractivity contribution is 5.42. The Morgan fingerprint density at radius 2 is 2.00 bits per heavy atom. The molecule has 0 aromatic heterocycles. The summed E-state index contributed by atoms with van der Waals surface area (Å²) in [5.41, 5.74) is 0.589. The summed E-state index contributed by atoms with van der Waals surface area (Å²) in [5.74, 6) is 0.666. The number of hydrogen-bond donors (Lipinski definition) is 0. The van der Waals surface area contributed by atoms with Crippen molar-refractivity contribution in [1.29, 1.82) is 5.26 Å². The Balaban J connectivity index is 1.82. The Hall–Kier alpha value is -1.57. The predicted octanol–water partition coefficient (Wildman–Crippen LogP) is 2.05. The molecule has 1 aliphatic rings. The second-order valence-corrected chi connectivity index (χ2v) is 4.97. The van der Waals surface area contributed by atoms with Gasteiger partial charge in [-0.1, -0.05) is 12.1 Å². The summed E-state index contributed by atoms with van der Waals surface area (Å²) in [6.07, 6.45) is 0.547. The Kier molecular flexibility index (Phi) is 4.78. The van der Waals surface area contributed by atoms with Crippen LogP contribution in [0.15, 0.2) is 24.3 Å². The molecule has 1 fully saturated rings. The van der Waals surface area contributed by atoms with Gasteiger partial charge in [0.2, 0.25) is 0 Å². The van der Waals surface area contributed by atoms with Gasteiger partial charge in [-0.25, -0.2) is 0 Å². The smallest absolute Gasteiger partial charge is 0.137 e. The first kappa shape index (κ1) is 13.9. The van der Waals surface area contributed by atoms with E-state index in [-0.39, 0.29) is 12.2 Å². The highest BCUT2D eigenvalue weighted by Crippen LogP contribution is 2.16. The van der Waals surface area contributed by atoms with Crippen molar-refractivity contribution in [3.8, 4) is 11.8 Å². The largest absolute Gasteiger partial charge is 0.491 e. The van der Waals surface area contributed by atoms with Gasteiger partial charge in [0.05, 0.1) is 17.8 Å². The minimum atomic E-state index is 0.273. The van der Waals surface area contributed by atoms with Gasteiger partial charge < -0.3 is 9.47 Å².